The summed E-state index contributed by atoms with van der Waals surface area (Å²) in [6.45, 7) is 2.31. The smallest absolute Gasteiger partial charge is 0.271 e. The molecular weight excluding hydrogens is 315 g/mol. The number of halogens is 2. The average molecular weight is 325 g/mol. The van der Waals surface area contributed by atoms with Crippen molar-refractivity contribution in [3.63, 3.8) is 0 Å². The standard InChI is InChI=1S/C14H10Cl2N2OS/c1-8-6-20-13-12(8)17-7-18(14(13)19)5-9-3-2-4-10(15)11(9)16/h2-4,6-7H,5H2,1H3. The summed E-state index contributed by atoms with van der Waals surface area (Å²) in [5.41, 5.74) is 2.54. The van der Waals surface area contributed by atoms with Crippen molar-refractivity contribution < 1.29 is 0 Å². The Morgan fingerprint density at radius 2 is 2.15 bits per heavy atom. The Bertz CT molecular complexity index is 854. The molecule has 0 atom stereocenters. The monoisotopic (exact) mass is 324 g/mol. The number of aromatic nitrogens is 2. The van der Waals surface area contributed by atoms with Crippen LogP contribution in [-0.4, -0.2) is 9.55 Å². The van der Waals surface area contributed by atoms with Gasteiger partial charge in [-0.3, -0.25) is 9.36 Å². The van der Waals surface area contributed by atoms with Crippen molar-refractivity contribution in [2.75, 3.05) is 0 Å². The zero-order chi connectivity index (χ0) is 14.3. The highest BCUT2D eigenvalue weighted by Crippen LogP contribution is 2.26. The van der Waals surface area contributed by atoms with Crippen LogP contribution < -0.4 is 5.56 Å². The number of hydrogen-bond acceptors (Lipinski definition) is 3. The van der Waals surface area contributed by atoms with Gasteiger partial charge in [-0.15, -0.1) is 11.3 Å². The van der Waals surface area contributed by atoms with Crippen LogP contribution in [0.3, 0.4) is 0 Å². The van der Waals surface area contributed by atoms with Gasteiger partial charge in [-0.25, -0.2) is 4.98 Å². The Morgan fingerprint density at radius 3 is 2.95 bits per heavy atom. The lowest BCUT2D eigenvalue weighted by Gasteiger charge is -2.08. The number of hydrogen-bond donors (Lipinski definition) is 0. The fourth-order valence-electron chi connectivity index (χ4n) is 2.03. The minimum Gasteiger partial charge on any atom is -0.293 e. The summed E-state index contributed by atoms with van der Waals surface area (Å²) >= 11 is 13.6. The van der Waals surface area contributed by atoms with Crippen molar-refractivity contribution in [3.8, 4) is 0 Å². The molecule has 20 heavy (non-hydrogen) atoms. The highest BCUT2D eigenvalue weighted by atomic mass is 35.5. The first-order valence-electron chi connectivity index (χ1n) is 5.94. The van der Waals surface area contributed by atoms with E-state index < -0.39 is 0 Å². The molecular formula is C14H10Cl2N2OS. The lowest BCUT2D eigenvalue weighted by Crippen LogP contribution is -2.20. The van der Waals surface area contributed by atoms with Gasteiger partial charge in [-0.1, -0.05) is 35.3 Å². The highest BCUT2D eigenvalue weighted by Gasteiger charge is 2.10. The van der Waals surface area contributed by atoms with E-state index in [1.807, 2.05) is 24.4 Å². The second kappa shape index (κ2) is 5.20. The van der Waals surface area contributed by atoms with Crippen molar-refractivity contribution in [2.24, 2.45) is 0 Å². The number of nitrogens with zero attached hydrogens (tertiary/aromatic N) is 2. The van der Waals surface area contributed by atoms with Gasteiger partial charge < -0.3 is 0 Å². The SMILES string of the molecule is Cc1csc2c(=O)n(Cc3cccc(Cl)c3Cl)cnc12. The van der Waals surface area contributed by atoms with Crippen LogP contribution in [0.1, 0.15) is 11.1 Å². The van der Waals surface area contributed by atoms with Crippen LogP contribution in [0.25, 0.3) is 10.2 Å². The summed E-state index contributed by atoms with van der Waals surface area (Å²) in [4.78, 5) is 16.7. The number of aryl methyl sites for hydroxylation is 1. The predicted octanol–water partition coefficient (Wildman–Crippen LogP) is 4.12. The van der Waals surface area contributed by atoms with E-state index in [2.05, 4.69) is 4.98 Å². The summed E-state index contributed by atoms with van der Waals surface area (Å²) in [7, 11) is 0. The van der Waals surface area contributed by atoms with Crippen LogP contribution in [-0.2, 0) is 6.54 Å². The largest absolute Gasteiger partial charge is 0.293 e. The zero-order valence-electron chi connectivity index (χ0n) is 10.6. The van der Waals surface area contributed by atoms with E-state index in [1.165, 1.54) is 11.3 Å². The van der Waals surface area contributed by atoms with Crippen molar-refractivity contribution in [3.05, 3.63) is 61.4 Å². The van der Waals surface area contributed by atoms with E-state index in [0.29, 0.717) is 21.3 Å². The van der Waals surface area contributed by atoms with E-state index >= 15 is 0 Å². The molecule has 2 aromatic heterocycles. The normalized spacial score (nSPS) is 11.2. The third kappa shape index (κ3) is 2.24. The summed E-state index contributed by atoms with van der Waals surface area (Å²) in [6, 6.07) is 5.39. The molecule has 0 aliphatic rings. The van der Waals surface area contributed by atoms with Gasteiger partial charge >= 0.3 is 0 Å². The van der Waals surface area contributed by atoms with E-state index in [9.17, 15) is 4.79 Å². The summed E-state index contributed by atoms with van der Waals surface area (Å²) in [6.07, 6.45) is 1.56. The van der Waals surface area contributed by atoms with Gasteiger partial charge in [0.25, 0.3) is 5.56 Å². The molecule has 0 bridgehead atoms. The van der Waals surface area contributed by atoms with Gasteiger partial charge in [0.2, 0.25) is 0 Å². The van der Waals surface area contributed by atoms with Crippen molar-refractivity contribution in [1.29, 1.82) is 0 Å². The first-order valence-corrected chi connectivity index (χ1v) is 7.57. The van der Waals surface area contributed by atoms with E-state index in [4.69, 9.17) is 23.2 Å². The molecule has 3 nitrogen and oxygen atoms in total. The Labute approximate surface area is 129 Å². The predicted molar refractivity (Wildman–Crippen MR) is 84.2 cm³/mol. The number of thiophene rings is 1. The maximum Gasteiger partial charge on any atom is 0.271 e. The molecule has 0 fully saturated rings. The first kappa shape index (κ1) is 13.6. The summed E-state index contributed by atoms with van der Waals surface area (Å²) in [5, 5.41) is 2.90. The molecule has 0 saturated carbocycles. The minimum atomic E-state index is -0.0517. The van der Waals surface area contributed by atoms with Crippen molar-refractivity contribution in [1.82, 2.24) is 9.55 Å². The zero-order valence-corrected chi connectivity index (χ0v) is 12.9. The van der Waals surface area contributed by atoms with E-state index in [-0.39, 0.29) is 5.56 Å². The molecule has 102 valence electrons. The number of benzene rings is 1. The molecule has 3 aromatic rings. The van der Waals surface area contributed by atoms with Crippen LogP contribution in [0.4, 0.5) is 0 Å². The average Bonchev–Trinajstić information content (AvgIpc) is 2.80. The first-order chi connectivity index (χ1) is 9.58. The van der Waals surface area contributed by atoms with Gasteiger partial charge in [-0.05, 0) is 29.5 Å². The Kier molecular flexibility index (Phi) is 3.54. The van der Waals surface area contributed by atoms with Crippen LogP contribution in [0.15, 0.2) is 34.7 Å². The lowest BCUT2D eigenvalue weighted by atomic mass is 10.2. The Morgan fingerprint density at radius 1 is 1.35 bits per heavy atom. The second-order valence-electron chi connectivity index (χ2n) is 4.49. The molecule has 0 saturated heterocycles. The van der Waals surface area contributed by atoms with Crippen LogP contribution >= 0.6 is 34.5 Å². The van der Waals surface area contributed by atoms with Crippen molar-refractivity contribution >= 4 is 44.8 Å². The maximum atomic E-state index is 12.4. The Balaban J connectivity index is 2.09. The third-order valence-electron chi connectivity index (χ3n) is 3.10. The number of rotatable bonds is 2. The van der Waals surface area contributed by atoms with Crippen molar-refractivity contribution in [2.45, 2.75) is 13.5 Å². The van der Waals surface area contributed by atoms with Gasteiger partial charge in [0, 0.05) is 0 Å². The summed E-state index contributed by atoms with van der Waals surface area (Å²) < 4.78 is 2.22. The molecule has 0 unspecified atom stereocenters. The Hall–Kier alpha value is -1.36. The van der Waals surface area contributed by atoms with E-state index in [0.717, 1.165) is 16.6 Å². The van der Waals surface area contributed by atoms with Gasteiger partial charge in [-0.2, -0.15) is 0 Å². The molecule has 0 radical (unpaired) electrons. The van der Waals surface area contributed by atoms with Crippen LogP contribution in [0.2, 0.25) is 10.0 Å². The quantitative estimate of drug-likeness (QED) is 0.710. The molecule has 0 aliphatic carbocycles. The molecule has 3 rings (SSSR count). The molecule has 6 heteroatoms. The van der Waals surface area contributed by atoms with E-state index in [1.54, 1.807) is 17.0 Å². The molecule has 1 aromatic carbocycles. The number of fused-ring (bicyclic) bond motifs is 1. The summed E-state index contributed by atoms with van der Waals surface area (Å²) in [5.74, 6) is 0. The molecule has 2 heterocycles. The van der Waals surface area contributed by atoms with Gasteiger partial charge in [0.15, 0.2) is 0 Å². The fraction of sp³-hybridized carbons (Fsp3) is 0.143. The second-order valence-corrected chi connectivity index (χ2v) is 6.15. The van der Waals surface area contributed by atoms with Gasteiger partial charge in [0.05, 0.1) is 28.4 Å². The highest BCUT2D eigenvalue weighted by molar-refractivity contribution is 7.17. The third-order valence-corrected chi connectivity index (χ3v) is 5.03. The molecule has 0 aliphatic heterocycles. The topological polar surface area (TPSA) is 34.9 Å². The van der Waals surface area contributed by atoms with Crippen LogP contribution in [0, 0.1) is 6.92 Å². The molecule has 0 N–H and O–H groups in total. The molecule has 0 amide bonds. The molecule has 0 spiro atoms. The lowest BCUT2D eigenvalue weighted by molar-refractivity contribution is 0.750. The van der Waals surface area contributed by atoms with Gasteiger partial charge in [0.1, 0.15) is 4.70 Å². The minimum absolute atomic E-state index is 0.0517. The fourth-order valence-corrected chi connectivity index (χ4v) is 3.36. The van der Waals surface area contributed by atoms with Crippen LogP contribution in [0.5, 0.6) is 0 Å². The maximum absolute atomic E-state index is 12.4.